The smallest absolute Gasteiger partial charge is 0.0164 e. The predicted molar refractivity (Wildman–Crippen MR) is 64.7 cm³/mol. The van der Waals surface area contributed by atoms with Crippen LogP contribution in [-0.4, -0.2) is 25.7 Å². The van der Waals surface area contributed by atoms with E-state index in [1.165, 1.54) is 19.3 Å². The van der Waals surface area contributed by atoms with Crippen LogP contribution in [-0.2, 0) is 0 Å². The van der Waals surface area contributed by atoms with Gasteiger partial charge in [0.1, 0.15) is 0 Å². The van der Waals surface area contributed by atoms with E-state index in [4.69, 9.17) is 0 Å². The van der Waals surface area contributed by atoms with Crippen LogP contribution in [0.25, 0.3) is 0 Å². The van der Waals surface area contributed by atoms with Crippen LogP contribution in [0.15, 0.2) is 0 Å². The van der Waals surface area contributed by atoms with Crippen LogP contribution in [0.4, 0.5) is 0 Å². The molecule has 86 valence electrons. The van der Waals surface area contributed by atoms with Gasteiger partial charge in [0, 0.05) is 12.6 Å². The molecule has 14 heavy (non-hydrogen) atoms. The summed E-state index contributed by atoms with van der Waals surface area (Å²) in [7, 11) is 0. The lowest BCUT2D eigenvalue weighted by molar-refractivity contribution is 0.444. The van der Waals surface area contributed by atoms with E-state index in [9.17, 15) is 0 Å². The van der Waals surface area contributed by atoms with Gasteiger partial charge in [-0.3, -0.25) is 0 Å². The first kappa shape index (κ1) is 13.9. The third kappa shape index (κ3) is 8.52. The molecule has 2 N–H and O–H groups in total. The van der Waals surface area contributed by atoms with Crippen molar-refractivity contribution in [1.82, 2.24) is 10.6 Å². The minimum absolute atomic E-state index is 0.602. The van der Waals surface area contributed by atoms with Crippen LogP contribution in [0.3, 0.4) is 0 Å². The number of hydrogen-bond acceptors (Lipinski definition) is 2. The molecule has 0 heterocycles. The Morgan fingerprint density at radius 2 is 1.79 bits per heavy atom. The lowest BCUT2D eigenvalue weighted by atomic mass is 10.1. The number of rotatable bonds is 9. The quantitative estimate of drug-likeness (QED) is 0.559. The summed E-state index contributed by atoms with van der Waals surface area (Å²) in [6.07, 6.45) is 3.82. The van der Waals surface area contributed by atoms with E-state index in [0.717, 1.165) is 25.6 Å². The summed E-state index contributed by atoms with van der Waals surface area (Å²) < 4.78 is 0. The molecule has 0 radical (unpaired) electrons. The molecule has 0 aliphatic carbocycles. The third-order valence-electron chi connectivity index (χ3n) is 2.70. The van der Waals surface area contributed by atoms with E-state index >= 15 is 0 Å². The van der Waals surface area contributed by atoms with Crippen molar-refractivity contribution in [2.24, 2.45) is 5.92 Å². The molecule has 0 spiro atoms. The summed E-state index contributed by atoms with van der Waals surface area (Å²) in [5.41, 5.74) is 0. The van der Waals surface area contributed by atoms with E-state index in [1.54, 1.807) is 0 Å². The predicted octanol–water partition coefficient (Wildman–Crippen LogP) is 2.40. The standard InChI is InChI=1S/C12H28N2/c1-5-8-13-10-12(4)14-9-7-11(3)6-2/h11-14H,5-10H2,1-4H3. The fourth-order valence-electron chi connectivity index (χ4n) is 1.35. The van der Waals surface area contributed by atoms with E-state index in [0.29, 0.717) is 6.04 Å². The monoisotopic (exact) mass is 200 g/mol. The van der Waals surface area contributed by atoms with E-state index in [1.807, 2.05) is 0 Å². The van der Waals surface area contributed by atoms with Gasteiger partial charge < -0.3 is 10.6 Å². The highest BCUT2D eigenvalue weighted by Gasteiger charge is 2.01. The van der Waals surface area contributed by atoms with Gasteiger partial charge in [-0.15, -0.1) is 0 Å². The SMILES string of the molecule is CCCNCC(C)NCCC(C)CC. The summed E-state index contributed by atoms with van der Waals surface area (Å²) in [5.74, 6) is 0.860. The molecule has 2 heteroatoms. The Labute approximate surface area is 89.9 Å². The lowest BCUT2D eigenvalue weighted by Gasteiger charge is -2.16. The molecule has 2 unspecified atom stereocenters. The Morgan fingerprint density at radius 3 is 2.36 bits per heavy atom. The maximum Gasteiger partial charge on any atom is 0.0164 e. The van der Waals surface area contributed by atoms with Crippen molar-refractivity contribution >= 4 is 0 Å². The first-order chi connectivity index (χ1) is 6.70. The van der Waals surface area contributed by atoms with E-state index in [2.05, 4.69) is 38.3 Å². The lowest BCUT2D eigenvalue weighted by Crippen LogP contribution is -2.37. The average molecular weight is 200 g/mol. The highest BCUT2D eigenvalue weighted by molar-refractivity contribution is 4.64. The molecule has 0 rings (SSSR count). The Bertz CT molecular complexity index is 115. The van der Waals surface area contributed by atoms with Crippen molar-refractivity contribution in [2.75, 3.05) is 19.6 Å². The maximum absolute atomic E-state index is 3.54. The van der Waals surface area contributed by atoms with Crippen LogP contribution in [0, 0.1) is 5.92 Å². The molecule has 0 aliphatic heterocycles. The molecule has 0 aliphatic rings. The van der Waals surface area contributed by atoms with Crippen LogP contribution in [0.2, 0.25) is 0 Å². The van der Waals surface area contributed by atoms with Gasteiger partial charge in [0.2, 0.25) is 0 Å². The summed E-state index contributed by atoms with van der Waals surface area (Å²) in [4.78, 5) is 0. The zero-order valence-electron chi connectivity index (χ0n) is 10.4. The van der Waals surface area contributed by atoms with Crippen molar-refractivity contribution < 1.29 is 0 Å². The Morgan fingerprint density at radius 1 is 1.07 bits per heavy atom. The molecule has 0 saturated heterocycles. The highest BCUT2D eigenvalue weighted by Crippen LogP contribution is 2.04. The molecule has 2 atom stereocenters. The van der Waals surface area contributed by atoms with Gasteiger partial charge in [0.25, 0.3) is 0 Å². The molecule has 0 bridgehead atoms. The van der Waals surface area contributed by atoms with Crippen LogP contribution in [0.1, 0.15) is 47.0 Å². The molecule has 0 aromatic carbocycles. The van der Waals surface area contributed by atoms with Gasteiger partial charge in [-0.1, -0.05) is 27.2 Å². The zero-order chi connectivity index (χ0) is 10.8. The van der Waals surface area contributed by atoms with E-state index in [-0.39, 0.29) is 0 Å². The van der Waals surface area contributed by atoms with Gasteiger partial charge in [0.05, 0.1) is 0 Å². The van der Waals surface area contributed by atoms with E-state index < -0.39 is 0 Å². The second-order valence-corrected chi connectivity index (χ2v) is 4.36. The molecule has 0 amide bonds. The molecule has 0 fully saturated rings. The summed E-state index contributed by atoms with van der Waals surface area (Å²) in [6.45, 7) is 12.4. The Kier molecular flexibility index (Phi) is 9.42. The van der Waals surface area contributed by atoms with Gasteiger partial charge in [-0.25, -0.2) is 0 Å². The molecule has 2 nitrogen and oxygen atoms in total. The Hall–Kier alpha value is -0.0800. The largest absolute Gasteiger partial charge is 0.315 e. The van der Waals surface area contributed by atoms with Crippen molar-refractivity contribution in [2.45, 2.75) is 53.0 Å². The van der Waals surface area contributed by atoms with Crippen LogP contribution < -0.4 is 10.6 Å². The molecular weight excluding hydrogens is 172 g/mol. The zero-order valence-corrected chi connectivity index (χ0v) is 10.4. The van der Waals surface area contributed by atoms with Crippen molar-refractivity contribution in [3.8, 4) is 0 Å². The van der Waals surface area contributed by atoms with Gasteiger partial charge in [-0.2, -0.15) is 0 Å². The minimum atomic E-state index is 0.602. The Balaban J connectivity index is 3.21. The average Bonchev–Trinajstić information content (AvgIpc) is 2.18. The minimum Gasteiger partial charge on any atom is -0.315 e. The van der Waals surface area contributed by atoms with Gasteiger partial charge in [0.15, 0.2) is 0 Å². The topological polar surface area (TPSA) is 24.1 Å². The molecule has 0 aromatic heterocycles. The highest BCUT2D eigenvalue weighted by atomic mass is 15.0. The molecular formula is C12H28N2. The fraction of sp³-hybridized carbons (Fsp3) is 1.00. The van der Waals surface area contributed by atoms with Crippen LogP contribution >= 0.6 is 0 Å². The van der Waals surface area contributed by atoms with Crippen molar-refractivity contribution in [3.05, 3.63) is 0 Å². The van der Waals surface area contributed by atoms with Crippen molar-refractivity contribution in [3.63, 3.8) is 0 Å². The van der Waals surface area contributed by atoms with Crippen molar-refractivity contribution in [1.29, 1.82) is 0 Å². The normalized spacial score (nSPS) is 15.4. The van der Waals surface area contributed by atoms with Gasteiger partial charge in [-0.05, 0) is 38.8 Å². The van der Waals surface area contributed by atoms with Crippen LogP contribution in [0.5, 0.6) is 0 Å². The fourth-order valence-corrected chi connectivity index (χ4v) is 1.35. The van der Waals surface area contributed by atoms with Gasteiger partial charge >= 0.3 is 0 Å². The first-order valence-electron chi connectivity index (χ1n) is 6.14. The molecule has 0 saturated carbocycles. The molecule has 0 aromatic rings. The number of hydrogen-bond donors (Lipinski definition) is 2. The second-order valence-electron chi connectivity index (χ2n) is 4.36. The summed E-state index contributed by atoms with van der Waals surface area (Å²) in [5, 5.41) is 6.97. The maximum atomic E-state index is 3.54. The third-order valence-corrected chi connectivity index (χ3v) is 2.70. The number of nitrogens with one attached hydrogen (secondary N) is 2. The second kappa shape index (κ2) is 9.47. The summed E-state index contributed by atoms with van der Waals surface area (Å²) in [6, 6.07) is 0.602. The first-order valence-corrected chi connectivity index (χ1v) is 6.14. The summed E-state index contributed by atoms with van der Waals surface area (Å²) >= 11 is 0.